The van der Waals surface area contributed by atoms with Crippen LogP contribution >= 0.6 is 0 Å². The number of nitrogens with zero attached hydrogens (tertiary/aromatic N) is 5. The van der Waals surface area contributed by atoms with Crippen molar-refractivity contribution in [3.63, 3.8) is 0 Å². The lowest BCUT2D eigenvalue weighted by molar-refractivity contribution is -0.141. The number of nitrogens with one attached hydrogen (secondary N) is 1. The number of hydrogen-bond donors (Lipinski definition) is 1. The molecule has 10 heteroatoms. The molecular formula is C24H23F3N6O. The van der Waals surface area contributed by atoms with Crippen molar-refractivity contribution in [3.05, 3.63) is 65.5 Å². The first-order valence-corrected chi connectivity index (χ1v) is 11.1. The molecule has 0 spiro atoms. The summed E-state index contributed by atoms with van der Waals surface area (Å²) in [6.07, 6.45) is 2.27. The summed E-state index contributed by atoms with van der Waals surface area (Å²) in [5.41, 5.74) is 2.62. The number of aromatic nitrogens is 4. The van der Waals surface area contributed by atoms with E-state index in [9.17, 15) is 18.0 Å². The summed E-state index contributed by atoms with van der Waals surface area (Å²) >= 11 is 0. The third kappa shape index (κ3) is 4.08. The number of hydrogen-bond acceptors (Lipinski definition) is 6. The molecular weight excluding hydrogens is 445 g/mol. The van der Waals surface area contributed by atoms with Gasteiger partial charge in [-0.25, -0.2) is 9.97 Å². The van der Waals surface area contributed by atoms with Gasteiger partial charge in [0.2, 0.25) is 0 Å². The highest BCUT2D eigenvalue weighted by Crippen LogP contribution is 2.40. The van der Waals surface area contributed by atoms with Crippen LogP contribution in [0.4, 0.5) is 19.0 Å². The van der Waals surface area contributed by atoms with Crippen molar-refractivity contribution in [3.8, 4) is 11.3 Å². The third-order valence-electron chi connectivity index (χ3n) is 6.51. The Hall–Kier alpha value is -3.56. The number of amides is 1. The highest BCUT2D eigenvalue weighted by Gasteiger charge is 2.47. The van der Waals surface area contributed by atoms with Gasteiger partial charge in [0.25, 0.3) is 5.91 Å². The van der Waals surface area contributed by atoms with Gasteiger partial charge in [0.05, 0.1) is 24.1 Å². The van der Waals surface area contributed by atoms with Crippen LogP contribution in [-0.2, 0) is 6.18 Å². The predicted octanol–water partition coefficient (Wildman–Crippen LogP) is 4.28. The molecule has 4 heterocycles. The quantitative estimate of drug-likeness (QED) is 0.615. The lowest BCUT2D eigenvalue weighted by Crippen LogP contribution is -2.48. The summed E-state index contributed by atoms with van der Waals surface area (Å²) < 4.78 is 38.3. The minimum atomic E-state index is -4.54. The molecule has 176 valence electrons. The monoisotopic (exact) mass is 468 g/mol. The van der Waals surface area contributed by atoms with Gasteiger partial charge >= 0.3 is 6.18 Å². The second kappa shape index (κ2) is 8.34. The molecule has 1 saturated heterocycles. The van der Waals surface area contributed by atoms with E-state index in [1.807, 2.05) is 36.9 Å². The number of carbonyl (C=O) groups is 1. The molecule has 3 aromatic heterocycles. The summed E-state index contributed by atoms with van der Waals surface area (Å²) in [5, 5.41) is 3.18. The molecule has 1 aliphatic heterocycles. The van der Waals surface area contributed by atoms with Crippen molar-refractivity contribution in [2.24, 2.45) is 5.92 Å². The van der Waals surface area contributed by atoms with Crippen LogP contribution in [0.1, 0.15) is 40.2 Å². The minimum absolute atomic E-state index is 0.109. The Morgan fingerprint density at radius 3 is 2.59 bits per heavy atom. The molecule has 0 radical (unpaired) electrons. The number of alkyl halides is 3. The maximum absolute atomic E-state index is 13.7. The van der Waals surface area contributed by atoms with E-state index in [0.717, 1.165) is 42.1 Å². The number of carbonyl (C=O) groups excluding carboxylic acids is 1. The van der Waals surface area contributed by atoms with Gasteiger partial charge in [-0.15, -0.1) is 0 Å². The number of halogens is 3. The van der Waals surface area contributed by atoms with Gasteiger partial charge in [-0.3, -0.25) is 14.8 Å². The van der Waals surface area contributed by atoms with Crippen molar-refractivity contribution in [2.45, 2.75) is 44.9 Å². The molecule has 2 bridgehead atoms. The van der Waals surface area contributed by atoms with E-state index < -0.39 is 11.9 Å². The van der Waals surface area contributed by atoms with Crippen LogP contribution in [0.5, 0.6) is 0 Å². The Balaban J connectivity index is 1.39. The summed E-state index contributed by atoms with van der Waals surface area (Å²) in [7, 11) is 0. The van der Waals surface area contributed by atoms with Gasteiger partial charge in [0, 0.05) is 30.5 Å². The number of aryl methyl sites for hydroxylation is 2. The second-order valence-corrected chi connectivity index (χ2v) is 8.98. The molecule has 1 amide bonds. The van der Waals surface area contributed by atoms with Crippen LogP contribution in [0.15, 0.2) is 43.0 Å². The number of fused-ring (bicyclic) bond motifs is 2. The summed E-state index contributed by atoms with van der Waals surface area (Å²) in [4.78, 5) is 31.8. The zero-order valence-electron chi connectivity index (χ0n) is 18.7. The average molecular weight is 468 g/mol. The van der Waals surface area contributed by atoms with E-state index in [2.05, 4.69) is 25.3 Å². The number of likely N-dealkylation sites (tertiary alicyclic amines) is 1. The highest BCUT2D eigenvalue weighted by molar-refractivity contribution is 5.99. The van der Waals surface area contributed by atoms with Gasteiger partial charge < -0.3 is 10.2 Å². The zero-order chi connectivity index (χ0) is 24.0. The molecule has 2 fully saturated rings. The maximum Gasteiger partial charge on any atom is 0.434 e. The third-order valence-corrected chi connectivity index (χ3v) is 6.51. The first-order valence-electron chi connectivity index (χ1n) is 11.1. The largest absolute Gasteiger partial charge is 0.434 e. The Morgan fingerprint density at radius 1 is 1.09 bits per heavy atom. The Kier molecular flexibility index (Phi) is 5.45. The Labute approximate surface area is 194 Å². The van der Waals surface area contributed by atoms with Crippen LogP contribution in [0.3, 0.4) is 0 Å². The van der Waals surface area contributed by atoms with E-state index in [1.54, 1.807) is 12.4 Å². The van der Waals surface area contributed by atoms with E-state index in [0.29, 0.717) is 23.7 Å². The molecule has 34 heavy (non-hydrogen) atoms. The number of anilines is 1. The van der Waals surface area contributed by atoms with Crippen molar-refractivity contribution in [1.29, 1.82) is 0 Å². The van der Waals surface area contributed by atoms with Crippen molar-refractivity contribution in [2.75, 3.05) is 11.9 Å². The molecule has 7 nitrogen and oxygen atoms in total. The summed E-state index contributed by atoms with van der Waals surface area (Å²) in [6, 6.07) is 5.49. The van der Waals surface area contributed by atoms with Gasteiger partial charge in [-0.2, -0.15) is 13.2 Å². The van der Waals surface area contributed by atoms with Gasteiger partial charge in [-0.1, -0.05) is 6.07 Å². The summed E-state index contributed by atoms with van der Waals surface area (Å²) in [6.45, 7) is 4.49. The maximum atomic E-state index is 13.7. The van der Waals surface area contributed by atoms with Gasteiger partial charge in [-0.05, 0) is 55.9 Å². The molecule has 3 aromatic rings. The van der Waals surface area contributed by atoms with E-state index >= 15 is 0 Å². The highest BCUT2D eigenvalue weighted by atomic mass is 19.4. The SMILES string of the molecule is Cc1cnc(C(=O)N2C[C@H]3C[C@@H](Nc4cnc(C(F)(F)F)cn4)[C@@H]2C3)c(-c2ncccc2C)c1. The molecule has 0 aromatic carbocycles. The molecule has 0 unspecified atom stereocenters. The van der Waals surface area contributed by atoms with Crippen LogP contribution in [0, 0.1) is 19.8 Å². The zero-order valence-corrected chi connectivity index (χ0v) is 18.7. The van der Waals surface area contributed by atoms with E-state index in [1.165, 1.54) is 0 Å². The minimum Gasteiger partial charge on any atom is -0.364 e. The lowest BCUT2D eigenvalue weighted by atomic mass is 10.0. The van der Waals surface area contributed by atoms with E-state index in [-0.39, 0.29) is 23.8 Å². The molecule has 1 N–H and O–H groups in total. The molecule has 5 rings (SSSR count). The van der Waals surface area contributed by atoms with Crippen molar-refractivity contribution in [1.82, 2.24) is 24.8 Å². The fraction of sp³-hybridized carbons (Fsp3) is 0.375. The fourth-order valence-corrected chi connectivity index (χ4v) is 4.98. The van der Waals surface area contributed by atoms with Crippen LogP contribution < -0.4 is 5.32 Å². The first kappa shape index (κ1) is 22.2. The fourth-order valence-electron chi connectivity index (χ4n) is 4.98. The van der Waals surface area contributed by atoms with Crippen LogP contribution in [-0.4, -0.2) is 49.4 Å². The normalized spacial score (nSPS) is 21.7. The average Bonchev–Trinajstić information content (AvgIpc) is 3.39. The van der Waals surface area contributed by atoms with Crippen LogP contribution in [0.25, 0.3) is 11.3 Å². The molecule has 2 aliphatic rings. The molecule has 1 saturated carbocycles. The number of rotatable bonds is 4. The van der Waals surface area contributed by atoms with Crippen molar-refractivity contribution >= 4 is 11.7 Å². The summed E-state index contributed by atoms with van der Waals surface area (Å²) in [5.74, 6) is 0.396. The van der Waals surface area contributed by atoms with E-state index in [4.69, 9.17) is 0 Å². The Bertz CT molecular complexity index is 1230. The van der Waals surface area contributed by atoms with Gasteiger partial charge in [0.1, 0.15) is 11.5 Å². The lowest BCUT2D eigenvalue weighted by Gasteiger charge is -2.34. The standard InChI is InChI=1S/C24H23F3N6O/c1-13-6-16(21-14(2)4-3-5-28-21)22(31-9-13)23(34)33-12-15-7-17(18(33)8-15)32-20-11-29-19(10-30-20)24(25,26)27/h3-6,9-11,15,17-18H,7-8,12H2,1-2H3,(H,30,32)/t15-,17+,18-/m0/s1. The molecule has 3 atom stereocenters. The van der Waals surface area contributed by atoms with Crippen molar-refractivity contribution < 1.29 is 18.0 Å². The van der Waals surface area contributed by atoms with Gasteiger partial charge in [0.15, 0.2) is 5.69 Å². The smallest absolute Gasteiger partial charge is 0.364 e. The topological polar surface area (TPSA) is 83.9 Å². The number of pyridine rings is 2. The van der Waals surface area contributed by atoms with Crippen LogP contribution in [0.2, 0.25) is 0 Å². The second-order valence-electron chi connectivity index (χ2n) is 8.98. The first-order chi connectivity index (χ1) is 16.2. The Morgan fingerprint density at radius 2 is 1.91 bits per heavy atom. The predicted molar refractivity (Wildman–Crippen MR) is 119 cm³/mol. The number of piperidine rings is 1. The molecule has 1 aliphatic carbocycles.